The van der Waals surface area contributed by atoms with Gasteiger partial charge in [0.2, 0.25) is 0 Å². The van der Waals surface area contributed by atoms with Crippen LogP contribution in [0.5, 0.6) is 23.0 Å². The highest BCUT2D eigenvalue weighted by Gasteiger charge is 2.15. The maximum absolute atomic E-state index is 12.6. The highest BCUT2D eigenvalue weighted by Crippen LogP contribution is 2.34. The molecule has 0 aromatic heterocycles. The third kappa shape index (κ3) is 8.37. The Morgan fingerprint density at radius 1 is 0.947 bits per heavy atom. The lowest BCUT2D eigenvalue weighted by Gasteiger charge is -2.14. The zero-order chi connectivity index (χ0) is 27.3. The van der Waals surface area contributed by atoms with E-state index < -0.39 is 5.91 Å². The number of nitrogens with one attached hydrogen (secondary N) is 2. The van der Waals surface area contributed by atoms with E-state index in [4.69, 9.17) is 18.9 Å². The van der Waals surface area contributed by atoms with Gasteiger partial charge in [0, 0.05) is 11.3 Å². The number of rotatable bonds is 13. The van der Waals surface area contributed by atoms with Crippen molar-refractivity contribution in [2.45, 2.75) is 20.3 Å². The number of methoxy groups -OCH3 is 1. The van der Waals surface area contributed by atoms with Crippen molar-refractivity contribution >= 4 is 46.3 Å². The van der Waals surface area contributed by atoms with Crippen LogP contribution in [0.25, 0.3) is 0 Å². The maximum atomic E-state index is 12.6. The second-order valence-electron chi connectivity index (χ2n) is 7.88. The molecule has 0 aliphatic carbocycles. The van der Waals surface area contributed by atoms with Crippen molar-refractivity contribution in [3.63, 3.8) is 0 Å². The quantitative estimate of drug-likeness (QED) is 0.151. The van der Waals surface area contributed by atoms with Gasteiger partial charge in [-0.3, -0.25) is 9.59 Å². The lowest BCUT2D eigenvalue weighted by atomic mass is 10.2. The minimum absolute atomic E-state index is 0.180. The van der Waals surface area contributed by atoms with Crippen molar-refractivity contribution in [2.24, 2.45) is 5.10 Å². The summed E-state index contributed by atoms with van der Waals surface area (Å²) in [6.07, 6.45) is 2.37. The van der Waals surface area contributed by atoms with Gasteiger partial charge in [-0.25, -0.2) is 5.43 Å². The lowest BCUT2D eigenvalue weighted by molar-refractivity contribution is -0.118. The van der Waals surface area contributed by atoms with E-state index in [1.165, 1.54) is 13.3 Å². The Labute approximate surface area is 235 Å². The number of benzene rings is 3. The zero-order valence-electron chi connectivity index (χ0n) is 21.5. The molecule has 200 valence electrons. The van der Waals surface area contributed by atoms with Gasteiger partial charge >= 0.3 is 0 Å². The second kappa shape index (κ2) is 14.8. The molecule has 2 N–H and O–H groups in total. The molecular weight excluding hydrogens is 601 g/mol. The van der Waals surface area contributed by atoms with Crippen LogP contribution < -0.4 is 29.7 Å². The Bertz CT molecular complexity index is 1270. The first kappa shape index (κ1) is 28.8. The predicted molar refractivity (Wildman–Crippen MR) is 155 cm³/mol. The summed E-state index contributed by atoms with van der Waals surface area (Å²) in [6, 6.07) is 17.6. The summed E-state index contributed by atoms with van der Waals surface area (Å²) in [5, 5.41) is 6.86. The summed E-state index contributed by atoms with van der Waals surface area (Å²) in [4.78, 5) is 24.9. The number of carbonyl (C=O) groups excluding carboxylic acids is 2. The number of anilines is 1. The summed E-state index contributed by atoms with van der Waals surface area (Å²) in [5.74, 6) is 1.28. The van der Waals surface area contributed by atoms with Crippen molar-refractivity contribution in [3.8, 4) is 23.0 Å². The van der Waals surface area contributed by atoms with Crippen LogP contribution in [0.1, 0.15) is 36.2 Å². The second-order valence-corrected chi connectivity index (χ2v) is 9.04. The summed E-state index contributed by atoms with van der Waals surface area (Å²) in [5.41, 5.74) is 4.27. The molecule has 0 aliphatic heterocycles. The van der Waals surface area contributed by atoms with Crippen molar-refractivity contribution in [3.05, 3.63) is 75.4 Å². The summed E-state index contributed by atoms with van der Waals surface area (Å²) in [6.45, 7) is 4.64. The van der Waals surface area contributed by atoms with E-state index in [2.05, 4.69) is 38.4 Å². The summed E-state index contributed by atoms with van der Waals surface area (Å²) in [7, 11) is 1.52. The van der Waals surface area contributed by atoms with Crippen molar-refractivity contribution in [2.75, 3.05) is 32.2 Å². The van der Waals surface area contributed by atoms with Crippen LogP contribution in [0.2, 0.25) is 0 Å². The van der Waals surface area contributed by atoms with Gasteiger partial charge in [0.15, 0.2) is 29.6 Å². The van der Waals surface area contributed by atoms with Gasteiger partial charge in [-0.1, -0.05) is 25.1 Å². The molecular formula is C28H30IN3O6. The number of ether oxygens (including phenoxy) is 4. The predicted octanol–water partition coefficient (Wildman–Crippen LogP) is 5.27. The smallest absolute Gasteiger partial charge is 0.271 e. The molecule has 10 heteroatoms. The standard InChI is InChI=1S/C28H30IN3O6/c1-4-13-37-23-12-11-20(16-24(23)35-3)28(34)32-30-17-19-14-22(29)27(25(15-19)36-5-2)38-18-26(33)31-21-9-7-6-8-10-21/h6-12,14-17H,4-5,13,18H2,1-3H3,(H,31,33)(H,32,34)/b30-17+. The minimum atomic E-state index is -0.397. The number of carbonyl (C=O) groups is 2. The minimum Gasteiger partial charge on any atom is -0.493 e. The molecule has 0 radical (unpaired) electrons. The Morgan fingerprint density at radius 2 is 1.74 bits per heavy atom. The molecule has 0 bridgehead atoms. The van der Waals surface area contributed by atoms with Crippen LogP contribution in [0.4, 0.5) is 5.69 Å². The molecule has 3 aromatic rings. The Kier molecular flexibility index (Phi) is 11.2. The van der Waals surface area contributed by atoms with Crippen LogP contribution in [0.3, 0.4) is 0 Å². The molecule has 0 fully saturated rings. The molecule has 0 heterocycles. The first-order valence-electron chi connectivity index (χ1n) is 12.0. The number of hydrogen-bond acceptors (Lipinski definition) is 7. The van der Waals surface area contributed by atoms with Crippen molar-refractivity contribution in [1.29, 1.82) is 0 Å². The molecule has 0 spiro atoms. The molecule has 9 nitrogen and oxygen atoms in total. The van der Waals surface area contributed by atoms with Gasteiger partial charge < -0.3 is 24.3 Å². The Hall–Kier alpha value is -3.80. The largest absolute Gasteiger partial charge is 0.493 e. The number of amides is 2. The molecule has 0 aliphatic rings. The third-order valence-electron chi connectivity index (χ3n) is 5.00. The van der Waals surface area contributed by atoms with E-state index in [-0.39, 0.29) is 12.5 Å². The molecule has 38 heavy (non-hydrogen) atoms. The molecule has 0 saturated carbocycles. The van der Waals surface area contributed by atoms with Gasteiger partial charge in [-0.05, 0) is 84.0 Å². The Balaban J connectivity index is 1.65. The lowest BCUT2D eigenvalue weighted by Crippen LogP contribution is -2.20. The third-order valence-corrected chi connectivity index (χ3v) is 5.81. The van der Waals surface area contributed by atoms with Crippen LogP contribution in [0, 0.1) is 3.57 Å². The fourth-order valence-electron chi connectivity index (χ4n) is 3.29. The average Bonchev–Trinajstić information content (AvgIpc) is 2.92. The number of hydrogen-bond donors (Lipinski definition) is 2. The monoisotopic (exact) mass is 631 g/mol. The molecule has 0 atom stereocenters. The highest BCUT2D eigenvalue weighted by molar-refractivity contribution is 14.1. The number of nitrogens with zero attached hydrogens (tertiary/aromatic N) is 1. The highest BCUT2D eigenvalue weighted by atomic mass is 127. The van der Waals surface area contributed by atoms with Crippen LogP contribution >= 0.6 is 22.6 Å². The Morgan fingerprint density at radius 3 is 2.45 bits per heavy atom. The van der Waals surface area contributed by atoms with E-state index in [0.29, 0.717) is 53.0 Å². The summed E-state index contributed by atoms with van der Waals surface area (Å²) >= 11 is 2.10. The van der Waals surface area contributed by atoms with Crippen LogP contribution in [-0.2, 0) is 4.79 Å². The SMILES string of the molecule is CCCOc1ccc(C(=O)N/N=C/c2cc(I)c(OCC(=O)Nc3ccccc3)c(OCC)c2)cc1OC. The number of halogens is 1. The van der Waals surface area contributed by atoms with Crippen LogP contribution in [-0.4, -0.2) is 45.0 Å². The maximum Gasteiger partial charge on any atom is 0.271 e. The first-order chi connectivity index (χ1) is 18.4. The number of hydrazone groups is 1. The fourth-order valence-corrected chi connectivity index (χ4v) is 4.07. The zero-order valence-corrected chi connectivity index (χ0v) is 23.6. The molecule has 0 saturated heterocycles. The van der Waals surface area contributed by atoms with E-state index >= 15 is 0 Å². The molecule has 0 unspecified atom stereocenters. The average molecular weight is 631 g/mol. The van der Waals surface area contributed by atoms with Gasteiger partial charge in [-0.15, -0.1) is 0 Å². The van der Waals surface area contributed by atoms with Gasteiger partial charge in [0.25, 0.3) is 11.8 Å². The van der Waals surface area contributed by atoms with E-state index in [0.717, 1.165) is 9.99 Å². The normalized spacial score (nSPS) is 10.6. The molecule has 3 rings (SSSR count). The van der Waals surface area contributed by atoms with E-state index in [1.54, 1.807) is 36.4 Å². The van der Waals surface area contributed by atoms with Gasteiger partial charge in [0.1, 0.15) is 0 Å². The molecule has 3 aromatic carbocycles. The van der Waals surface area contributed by atoms with E-state index in [9.17, 15) is 9.59 Å². The summed E-state index contributed by atoms with van der Waals surface area (Å²) < 4.78 is 23.2. The van der Waals surface area contributed by atoms with Crippen molar-refractivity contribution in [1.82, 2.24) is 5.43 Å². The number of para-hydroxylation sites is 1. The van der Waals surface area contributed by atoms with Crippen molar-refractivity contribution < 1.29 is 28.5 Å². The van der Waals surface area contributed by atoms with E-state index in [1.807, 2.05) is 38.1 Å². The van der Waals surface area contributed by atoms with Crippen LogP contribution in [0.15, 0.2) is 65.8 Å². The first-order valence-corrected chi connectivity index (χ1v) is 13.1. The van der Waals surface area contributed by atoms with Gasteiger partial charge in [-0.2, -0.15) is 5.10 Å². The topological polar surface area (TPSA) is 107 Å². The fraction of sp³-hybridized carbons (Fsp3) is 0.250. The van der Waals surface area contributed by atoms with Gasteiger partial charge in [0.05, 0.1) is 30.1 Å². The molecule has 2 amide bonds.